The Morgan fingerprint density at radius 3 is 2.53 bits per heavy atom. The van der Waals surface area contributed by atoms with Crippen molar-refractivity contribution in [2.45, 2.75) is 25.1 Å². The fourth-order valence-electron chi connectivity index (χ4n) is 4.23. The van der Waals surface area contributed by atoms with Gasteiger partial charge in [-0.1, -0.05) is 11.6 Å². The largest absolute Gasteiger partial charge is 0.493 e. The summed E-state index contributed by atoms with van der Waals surface area (Å²) in [7, 11) is 0. The van der Waals surface area contributed by atoms with Crippen LogP contribution in [0.3, 0.4) is 0 Å². The second kappa shape index (κ2) is 7.94. The topological polar surface area (TPSA) is 124 Å². The van der Waals surface area contributed by atoms with Gasteiger partial charge in [-0.2, -0.15) is 18.3 Å². The molecule has 3 N–H and O–H groups in total. The van der Waals surface area contributed by atoms with Crippen molar-refractivity contribution in [3.05, 3.63) is 57.7 Å². The standard InChI is InChI=1S/C20H17ClF3N7O3/c21-16-15(18(33)29-3-1-12(2-4-29)31-14(32)8-25-19(31)34)28-17-13(20(22,23)24)5-10(9-30(16)17)11-6-26-27-7-11/h5-9,12,32H,1-4H2,(H,25,34)(H,26,27). The van der Waals surface area contributed by atoms with Crippen molar-refractivity contribution >= 4 is 23.2 Å². The number of alkyl halides is 3. The Morgan fingerprint density at radius 1 is 1.21 bits per heavy atom. The van der Waals surface area contributed by atoms with E-state index >= 15 is 0 Å². The van der Waals surface area contributed by atoms with E-state index in [9.17, 15) is 27.9 Å². The summed E-state index contributed by atoms with van der Waals surface area (Å²) in [6, 6.07) is 0.610. The molecule has 4 aromatic heterocycles. The maximum Gasteiger partial charge on any atom is 0.420 e. The van der Waals surface area contributed by atoms with Gasteiger partial charge in [0.25, 0.3) is 5.91 Å². The molecule has 0 saturated carbocycles. The Kier molecular flexibility index (Phi) is 5.15. The first kappa shape index (κ1) is 22.1. The van der Waals surface area contributed by atoms with Gasteiger partial charge in [0.2, 0.25) is 5.88 Å². The van der Waals surface area contributed by atoms with Crippen LogP contribution in [0.25, 0.3) is 16.8 Å². The second-order valence-electron chi connectivity index (χ2n) is 7.92. The Labute approximate surface area is 193 Å². The molecule has 1 amide bonds. The predicted octanol–water partition coefficient (Wildman–Crippen LogP) is 3.07. The highest BCUT2D eigenvalue weighted by Crippen LogP contribution is 2.37. The number of nitrogens with one attached hydrogen (secondary N) is 2. The zero-order chi connectivity index (χ0) is 24.2. The van der Waals surface area contributed by atoms with E-state index in [1.165, 1.54) is 34.3 Å². The van der Waals surface area contributed by atoms with Gasteiger partial charge in [-0.25, -0.2) is 9.78 Å². The normalized spacial score (nSPS) is 15.4. The van der Waals surface area contributed by atoms with Crippen molar-refractivity contribution in [1.82, 2.24) is 34.0 Å². The first-order valence-electron chi connectivity index (χ1n) is 10.2. The maximum atomic E-state index is 13.8. The first-order valence-corrected chi connectivity index (χ1v) is 10.6. The smallest absolute Gasteiger partial charge is 0.420 e. The number of rotatable bonds is 3. The lowest BCUT2D eigenvalue weighted by Gasteiger charge is -2.32. The molecule has 0 unspecified atom stereocenters. The van der Waals surface area contributed by atoms with E-state index < -0.39 is 29.0 Å². The third-order valence-corrected chi connectivity index (χ3v) is 6.27. The molecule has 1 aliphatic rings. The van der Waals surface area contributed by atoms with Crippen LogP contribution in [0.5, 0.6) is 5.88 Å². The van der Waals surface area contributed by atoms with Gasteiger partial charge < -0.3 is 15.0 Å². The highest BCUT2D eigenvalue weighted by Gasteiger charge is 2.37. The lowest BCUT2D eigenvalue weighted by atomic mass is 10.0. The Hall–Kier alpha value is -3.74. The Balaban J connectivity index is 1.48. The Bertz CT molecular complexity index is 1430. The molecular formula is C20H17ClF3N7O3. The predicted molar refractivity (Wildman–Crippen MR) is 114 cm³/mol. The van der Waals surface area contributed by atoms with Gasteiger partial charge in [-0.3, -0.25) is 18.9 Å². The zero-order valence-electron chi connectivity index (χ0n) is 17.3. The lowest BCUT2D eigenvalue weighted by Crippen LogP contribution is -2.40. The molecule has 0 aliphatic carbocycles. The number of carbonyl (C=O) groups excluding carboxylic acids is 1. The molecule has 14 heteroatoms. The molecule has 0 atom stereocenters. The molecule has 1 saturated heterocycles. The van der Waals surface area contributed by atoms with E-state index in [0.717, 1.165) is 10.5 Å². The number of imidazole rings is 2. The first-order chi connectivity index (χ1) is 16.1. The van der Waals surface area contributed by atoms with Crippen LogP contribution in [0.2, 0.25) is 5.15 Å². The lowest BCUT2D eigenvalue weighted by molar-refractivity contribution is -0.136. The molecule has 1 fully saturated rings. The summed E-state index contributed by atoms with van der Waals surface area (Å²) in [4.78, 5) is 32.8. The van der Waals surface area contributed by atoms with E-state index in [1.807, 2.05) is 0 Å². The molecule has 34 heavy (non-hydrogen) atoms. The van der Waals surface area contributed by atoms with Crippen LogP contribution in [-0.4, -0.2) is 58.1 Å². The minimum Gasteiger partial charge on any atom is -0.493 e. The average molecular weight is 496 g/mol. The van der Waals surface area contributed by atoms with Crippen molar-refractivity contribution in [3.63, 3.8) is 0 Å². The molecule has 10 nitrogen and oxygen atoms in total. The van der Waals surface area contributed by atoms with Crippen molar-refractivity contribution in [3.8, 4) is 17.0 Å². The van der Waals surface area contributed by atoms with Gasteiger partial charge in [0.1, 0.15) is 5.15 Å². The number of halogens is 4. The molecule has 0 radical (unpaired) electrons. The zero-order valence-corrected chi connectivity index (χ0v) is 18.1. The molecule has 0 bridgehead atoms. The third kappa shape index (κ3) is 3.61. The molecule has 0 spiro atoms. The monoisotopic (exact) mass is 495 g/mol. The van der Waals surface area contributed by atoms with Crippen LogP contribution in [0, 0.1) is 0 Å². The van der Waals surface area contributed by atoms with E-state index in [1.54, 1.807) is 0 Å². The number of hydrogen-bond acceptors (Lipinski definition) is 5. The number of likely N-dealkylation sites (tertiary alicyclic amines) is 1. The highest BCUT2D eigenvalue weighted by molar-refractivity contribution is 6.33. The molecular weight excluding hydrogens is 479 g/mol. The van der Waals surface area contributed by atoms with Crippen LogP contribution in [-0.2, 0) is 6.18 Å². The number of fused-ring (bicyclic) bond motifs is 1. The molecule has 5 heterocycles. The van der Waals surface area contributed by atoms with Gasteiger partial charge >= 0.3 is 11.9 Å². The van der Waals surface area contributed by atoms with Gasteiger partial charge in [-0.15, -0.1) is 0 Å². The fourth-order valence-corrected chi connectivity index (χ4v) is 4.48. The van der Waals surface area contributed by atoms with Gasteiger partial charge in [0.15, 0.2) is 11.3 Å². The molecule has 1 aliphatic heterocycles. The van der Waals surface area contributed by atoms with Crippen molar-refractivity contribution in [2.24, 2.45) is 0 Å². The SMILES string of the molecule is O=C(c1nc2c(C(F)(F)F)cc(-c3cn[nH]c3)cn2c1Cl)N1CCC(n2c(O)c[nH]c2=O)CC1. The fraction of sp³-hybridized carbons (Fsp3) is 0.300. The summed E-state index contributed by atoms with van der Waals surface area (Å²) in [5, 5.41) is 15.9. The summed E-state index contributed by atoms with van der Waals surface area (Å²) in [6.07, 6.45) is 1.36. The third-order valence-electron chi connectivity index (χ3n) is 5.91. The number of pyridine rings is 1. The van der Waals surface area contributed by atoms with E-state index in [4.69, 9.17) is 11.6 Å². The quantitative estimate of drug-likeness (QED) is 0.403. The number of hydrogen-bond donors (Lipinski definition) is 3. The van der Waals surface area contributed by atoms with Crippen LogP contribution in [0.15, 0.2) is 35.6 Å². The van der Waals surface area contributed by atoms with Gasteiger partial charge in [0, 0.05) is 42.7 Å². The number of amides is 1. The number of aromatic nitrogens is 6. The molecule has 0 aromatic carbocycles. The number of H-pyrrole nitrogens is 2. The Morgan fingerprint density at radius 2 is 1.94 bits per heavy atom. The summed E-state index contributed by atoms with van der Waals surface area (Å²) in [5.41, 5.74) is -1.66. The van der Waals surface area contributed by atoms with Crippen LogP contribution >= 0.6 is 11.6 Å². The highest BCUT2D eigenvalue weighted by atomic mass is 35.5. The average Bonchev–Trinajstić information content (AvgIpc) is 3.52. The summed E-state index contributed by atoms with van der Waals surface area (Å²) < 4.78 is 43.7. The van der Waals surface area contributed by atoms with Crippen LogP contribution in [0.4, 0.5) is 13.2 Å². The molecule has 4 aromatic rings. The van der Waals surface area contributed by atoms with Crippen molar-refractivity contribution < 1.29 is 23.1 Å². The number of nitrogens with zero attached hydrogens (tertiary/aromatic N) is 5. The summed E-state index contributed by atoms with van der Waals surface area (Å²) in [6.45, 7) is 0.411. The maximum absolute atomic E-state index is 13.8. The second-order valence-corrected chi connectivity index (χ2v) is 8.28. The number of aromatic hydroxyl groups is 1. The van der Waals surface area contributed by atoms with E-state index in [2.05, 4.69) is 20.2 Å². The number of carbonyl (C=O) groups is 1. The van der Waals surface area contributed by atoms with Crippen molar-refractivity contribution in [2.75, 3.05) is 13.1 Å². The minimum atomic E-state index is -4.74. The van der Waals surface area contributed by atoms with Crippen LogP contribution in [0.1, 0.15) is 34.9 Å². The minimum absolute atomic E-state index is 0.199. The van der Waals surface area contributed by atoms with E-state index in [0.29, 0.717) is 18.4 Å². The molecule has 178 valence electrons. The number of aromatic amines is 2. The van der Waals surface area contributed by atoms with Crippen molar-refractivity contribution in [1.29, 1.82) is 0 Å². The van der Waals surface area contributed by atoms with Gasteiger partial charge in [0.05, 0.1) is 18.0 Å². The van der Waals surface area contributed by atoms with Crippen LogP contribution < -0.4 is 5.69 Å². The van der Waals surface area contributed by atoms with E-state index in [-0.39, 0.29) is 41.4 Å². The molecule has 5 rings (SSSR count). The summed E-state index contributed by atoms with van der Waals surface area (Å²) in [5.74, 6) is -0.818. The summed E-state index contributed by atoms with van der Waals surface area (Å²) >= 11 is 6.36. The number of piperidine rings is 1. The van der Waals surface area contributed by atoms with Gasteiger partial charge in [-0.05, 0) is 18.9 Å².